The van der Waals surface area contributed by atoms with E-state index in [0.717, 1.165) is 38.5 Å². The van der Waals surface area contributed by atoms with Gasteiger partial charge in [0.2, 0.25) is 0 Å². The van der Waals surface area contributed by atoms with Crippen molar-refractivity contribution in [1.29, 1.82) is 0 Å². The number of unbranched alkanes of at least 4 members (excludes halogenated alkanes) is 18. The van der Waals surface area contributed by atoms with Crippen molar-refractivity contribution in [2.45, 2.75) is 142 Å². The second-order valence-corrected chi connectivity index (χ2v) is 9.70. The van der Waals surface area contributed by atoms with Gasteiger partial charge in [-0.15, -0.1) is 0 Å². The molecule has 0 heterocycles. The predicted molar refractivity (Wildman–Crippen MR) is 139 cm³/mol. The average Bonchev–Trinajstić information content (AvgIpc) is 2.70. The zero-order valence-corrected chi connectivity index (χ0v) is 20.4. The molecule has 0 atom stereocenters. The Morgan fingerprint density at radius 1 is 0.419 bits per heavy atom. The van der Waals surface area contributed by atoms with E-state index >= 15 is 0 Å². The Hall–Kier alpha value is 1.87. The summed E-state index contributed by atoms with van der Waals surface area (Å²) in [6, 6.07) is 0. The van der Waals surface area contributed by atoms with Crippen LogP contribution in [0.15, 0.2) is 0 Å². The van der Waals surface area contributed by atoms with Gasteiger partial charge < -0.3 is 0 Å². The fourth-order valence-corrected chi connectivity index (χ4v) is 4.25. The Bertz CT molecular complexity index is 388. The molecule has 0 radical (unpaired) electrons. The van der Waals surface area contributed by atoms with Crippen LogP contribution in [-0.4, -0.2) is 80.7 Å². The topological polar surface area (TPSA) is 52.6 Å². The molecule has 0 rings (SSSR count). The Labute approximate surface area is 239 Å². The van der Waals surface area contributed by atoms with Crippen molar-refractivity contribution >= 4 is 69.5 Å². The molecule has 0 saturated heterocycles. The summed E-state index contributed by atoms with van der Waals surface area (Å²) in [5, 5.41) is 0. The van der Waals surface area contributed by atoms with E-state index in [4.69, 9.17) is 8.37 Å². The summed E-state index contributed by atoms with van der Waals surface area (Å²) in [4.78, 5) is 0. The van der Waals surface area contributed by atoms with Gasteiger partial charge in [-0.2, -0.15) is 8.42 Å². The van der Waals surface area contributed by atoms with Crippen molar-refractivity contribution < 1.29 is 16.8 Å². The first kappa shape index (κ1) is 37.4. The van der Waals surface area contributed by atoms with Crippen LogP contribution in [0, 0.1) is 0 Å². The summed E-state index contributed by atoms with van der Waals surface area (Å²) in [6.45, 7) is 4.98. The molecular formula is C24H52Na2O4S. The van der Waals surface area contributed by atoms with Crippen LogP contribution in [0.1, 0.15) is 142 Å². The third-order valence-corrected chi connectivity index (χ3v) is 6.36. The van der Waals surface area contributed by atoms with E-state index in [-0.39, 0.29) is 72.3 Å². The molecule has 180 valence electrons. The molecule has 0 N–H and O–H groups in total. The van der Waals surface area contributed by atoms with Crippen LogP contribution in [0.2, 0.25) is 0 Å². The van der Waals surface area contributed by atoms with Crippen LogP contribution < -0.4 is 0 Å². The Morgan fingerprint density at radius 3 is 0.903 bits per heavy atom. The summed E-state index contributed by atoms with van der Waals surface area (Å²) < 4.78 is 33.3. The molecule has 0 aliphatic carbocycles. The van der Waals surface area contributed by atoms with Crippen LogP contribution in [-0.2, 0) is 18.8 Å². The molecule has 7 heteroatoms. The van der Waals surface area contributed by atoms with E-state index in [2.05, 4.69) is 13.8 Å². The van der Waals surface area contributed by atoms with Crippen molar-refractivity contribution in [3.63, 3.8) is 0 Å². The molecule has 0 aromatic carbocycles. The van der Waals surface area contributed by atoms with Gasteiger partial charge in [-0.1, -0.05) is 129 Å². The molecule has 0 amide bonds. The zero-order valence-electron chi connectivity index (χ0n) is 19.6. The van der Waals surface area contributed by atoms with Gasteiger partial charge in [0.1, 0.15) is 0 Å². The second-order valence-electron chi connectivity index (χ2n) is 8.42. The van der Waals surface area contributed by atoms with Gasteiger partial charge >= 0.3 is 69.5 Å². The summed E-state index contributed by atoms with van der Waals surface area (Å²) >= 11 is 0. The van der Waals surface area contributed by atoms with Crippen LogP contribution in [0.25, 0.3) is 0 Å². The third kappa shape index (κ3) is 31.9. The van der Waals surface area contributed by atoms with Gasteiger partial charge in [-0.05, 0) is 12.8 Å². The molecule has 0 saturated carbocycles. The molecule has 4 nitrogen and oxygen atoms in total. The van der Waals surface area contributed by atoms with Gasteiger partial charge in [-0.3, -0.25) is 0 Å². The van der Waals surface area contributed by atoms with Gasteiger partial charge in [0.25, 0.3) is 0 Å². The van der Waals surface area contributed by atoms with Crippen LogP contribution in [0.3, 0.4) is 0 Å². The molecular weight excluding hydrogens is 430 g/mol. The van der Waals surface area contributed by atoms with E-state index in [9.17, 15) is 8.42 Å². The normalized spacial score (nSPS) is 11.2. The van der Waals surface area contributed by atoms with E-state index in [1.165, 1.54) is 89.9 Å². The minimum absolute atomic E-state index is 0. The van der Waals surface area contributed by atoms with Crippen molar-refractivity contribution in [3.05, 3.63) is 0 Å². The van der Waals surface area contributed by atoms with E-state index < -0.39 is 10.4 Å². The maximum atomic E-state index is 11.7. The van der Waals surface area contributed by atoms with Gasteiger partial charge in [0.15, 0.2) is 0 Å². The first-order chi connectivity index (χ1) is 14.1. The molecule has 0 spiro atoms. The summed E-state index contributed by atoms with van der Waals surface area (Å²) in [5.74, 6) is 0. The Balaban J connectivity index is -0.00000392. The molecule has 0 aliphatic rings. The van der Waals surface area contributed by atoms with Crippen LogP contribution in [0.4, 0.5) is 0 Å². The molecule has 0 aliphatic heterocycles. The molecule has 0 aromatic heterocycles. The van der Waals surface area contributed by atoms with Gasteiger partial charge in [0.05, 0.1) is 13.2 Å². The summed E-state index contributed by atoms with van der Waals surface area (Å²) in [5.41, 5.74) is 0. The molecule has 0 aromatic rings. The Kier molecular flexibility index (Phi) is 36.1. The number of rotatable bonds is 24. The Morgan fingerprint density at radius 2 is 0.645 bits per heavy atom. The molecule has 0 bridgehead atoms. The van der Waals surface area contributed by atoms with Gasteiger partial charge in [-0.25, -0.2) is 8.37 Å². The fraction of sp³-hybridized carbons (Fsp3) is 1.00. The van der Waals surface area contributed by atoms with Crippen LogP contribution >= 0.6 is 0 Å². The quantitative estimate of drug-likeness (QED) is 0.112. The number of hydrogen-bond acceptors (Lipinski definition) is 4. The average molecular weight is 483 g/mol. The predicted octanol–water partition coefficient (Wildman–Crippen LogP) is 6.81. The minimum atomic E-state index is -3.80. The third-order valence-electron chi connectivity index (χ3n) is 5.45. The van der Waals surface area contributed by atoms with Crippen molar-refractivity contribution in [2.24, 2.45) is 0 Å². The van der Waals surface area contributed by atoms with Crippen molar-refractivity contribution in [1.82, 2.24) is 0 Å². The first-order valence-electron chi connectivity index (χ1n) is 12.7. The molecule has 0 fully saturated rings. The fourth-order valence-electron chi connectivity index (χ4n) is 3.53. The maximum absolute atomic E-state index is 11.7. The van der Waals surface area contributed by atoms with E-state index in [0.29, 0.717) is 0 Å². The summed E-state index contributed by atoms with van der Waals surface area (Å²) in [7, 11) is -3.80. The second kappa shape index (κ2) is 29.9. The van der Waals surface area contributed by atoms with Gasteiger partial charge in [0, 0.05) is 0 Å². The van der Waals surface area contributed by atoms with Crippen molar-refractivity contribution in [2.75, 3.05) is 13.2 Å². The molecule has 0 unspecified atom stereocenters. The molecule has 31 heavy (non-hydrogen) atoms. The zero-order chi connectivity index (χ0) is 21.5. The van der Waals surface area contributed by atoms with Crippen LogP contribution in [0.5, 0.6) is 0 Å². The SMILES string of the molecule is CCCCCCCCCCCCOS(=O)(=O)OCCCCCCCCCCCC.[NaH].[NaH]. The first-order valence-corrected chi connectivity index (χ1v) is 14.0. The monoisotopic (exact) mass is 482 g/mol. The standard InChI is InChI=1S/C24H50O4S.2Na.2H/c1-3-5-7-9-11-13-15-17-19-21-23-27-29(25,26)28-24-22-20-18-16-14-12-10-8-6-4-2;;;;/h3-24H2,1-2H3;;;;. The van der Waals surface area contributed by atoms with E-state index in [1.54, 1.807) is 0 Å². The number of hydrogen-bond donors (Lipinski definition) is 0. The van der Waals surface area contributed by atoms with E-state index in [1.807, 2.05) is 0 Å². The van der Waals surface area contributed by atoms with Crippen molar-refractivity contribution in [3.8, 4) is 0 Å². The summed E-state index contributed by atoms with van der Waals surface area (Å²) in [6.07, 6.45) is 24.4.